The number of hydrogen-bond acceptors (Lipinski definition) is 3. The van der Waals surface area contributed by atoms with Crippen molar-refractivity contribution in [2.45, 2.75) is 44.1 Å². The van der Waals surface area contributed by atoms with Gasteiger partial charge in [0, 0.05) is 35.7 Å². The van der Waals surface area contributed by atoms with Gasteiger partial charge in [-0.3, -0.25) is 9.30 Å². The molecule has 0 aliphatic carbocycles. The normalized spacial score (nSPS) is 22.9. The second-order valence-electron chi connectivity index (χ2n) is 5.11. The Kier molecular flexibility index (Phi) is 3.59. The van der Waals surface area contributed by atoms with E-state index in [0.717, 1.165) is 17.9 Å². The van der Waals surface area contributed by atoms with E-state index in [-0.39, 0.29) is 5.38 Å². The Morgan fingerprint density at radius 2 is 2.50 bits per heavy atom. The Balaban J connectivity index is 1.69. The summed E-state index contributed by atoms with van der Waals surface area (Å²) in [7, 11) is 0. The van der Waals surface area contributed by atoms with Crippen molar-refractivity contribution < 1.29 is 0 Å². The number of halogens is 1. The van der Waals surface area contributed by atoms with Crippen LogP contribution < -0.4 is 0 Å². The van der Waals surface area contributed by atoms with Gasteiger partial charge in [-0.2, -0.15) is 0 Å². The van der Waals surface area contributed by atoms with Crippen molar-refractivity contribution >= 4 is 27.9 Å². The maximum Gasteiger partial charge on any atom is 0.193 e. The highest BCUT2D eigenvalue weighted by molar-refractivity contribution is 7.15. The van der Waals surface area contributed by atoms with Gasteiger partial charge in [0.15, 0.2) is 4.96 Å². The monoisotopic (exact) mass is 283 g/mol. The van der Waals surface area contributed by atoms with Crippen LogP contribution in [0.15, 0.2) is 17.8 Å². The minimum atomic E-state index is 0.265. The average Bonchev–Trinajstić information content (AvgIpc) is 2.94. The molecule has 2 atom stereocenters. The minimum absolute atomic E-state index is 0.265. The summed E-state index contributed by atoms with van der Waals surface area (Å²) in [5, 5.41) is 2.33. The van der Waals surface area contributed by atoms with Crippen LogP contribution in [0.5, 0.6) is 0 Å². The molecule has 0 aromatic carbocycles. The van der Waals surface area contributed by atoms with Gasteiger partial charge in [-0.15, -0.1) is 22.9 Å². The van der Waals surface area contributed by atoms with E-state index < -0.39 is 0 Å². The van der Waals surface area contributed by atoms with E-state index in [2.05, 4.69) is 39.0 Å². The molecule has 1 fully saturated rings. The molecule has 3 nitrogen and oxygen atoms in total. The number of fused-ring (bicyclic) bond motifs is 1. The maximum atomic E-state index is 6.13. The van der Waals surface area contributed by atoms with E-state index in [9.17, 15) is 0 Å². The zero-order valence-electron chi connectivity index (χ0n) is 10.6. The minimum Gasteiger partial charge on any atom is -0.297 e. The largest absolute Gasteiger partial charge is 0.297 e. The summed E-state index contributed by atoms with van der Waals surface area (Å²) < 4.78 is 2.11. The van der Waals surface area contributed by atoms with Gasteiger partial charge in [0.05, 0.1) is 5.69 Å². The summed E-state index contributed by atoms with van der Waals surface area (Å²) in [5.41, 5.74) is 1.18. The number of hydrogen-bond donors (Lipinski definition) is 0. The highest BCUT2D eigenvalue weighted by Crippen LogP contribution is 2.25. The lowest BCUT2D eigenvalue weighted by molar-refractivity contribution is 0.232. The van der Waals surface area contributed by atoms with Gasteiger partial charge in [-0.05, 0) is 32.7 Å². The smallest absolute Gasteiger partial charge is 0.193 e. The standard InChI is InChI=1S/C13H18ClN3S/c1-10(14)7-12-3-2-4-16(12)8-11-9-17-5-6-18-13(17)15-11/h5-6,9-10,12H,2-4,7-8H2,1H3. The quantitative estimate of drug-likeness (QED) is 0.802. The fraction of sp³-hybridized carbons (Fsp3) is 0.615. The molecule has 0 radical (unpaired) electrons. The van der Waals surface area contributed by atoms with E-state index in [0.29, 0.717) is 6.04 Å². The van der Waals surface area contributed by atoms with E-state index in [1.165, 1.54) is 25.1 Å². The Bertz CT molecular complexity index is 491. The van der Waals surface area contributed by atoms with Crippen LogP contribution in [0, 0.1) is 0 Å². The number of aromatic nitrogens is 2. The van der Waals surface area contributed by atoms with Crippen LogP contribution in [-0.2, 0) is 6.54 Å². The lowest BCUT2D eigenvalue weighted by atomic mass is 10.1. The molecule has 18 heavy (non-hydrogen) atoms. The number of rotatable bonds is 4. The van der Waals surface area contributed by atoms with Crippen molar-refractivity contribution in [2.75, 3.05) is 6.54 Å². The molecule has 1 saturated heterocycles. The third-order valence-corrected chi connectivity index (χ3v) is 4.55. The summed E-state index contributed by atoms with van der Waals surface area (Å²) >= 11 is 7.82. The number of nitrogens with zero attached hydrogens (tertiary/aromatic N) is 3. The maximum absolute atomic E-state index is 6.13. The molecule has 0 N–H and O–H groups in total. The topological polar surface area (TPSA) is 20.5 Å². The molecule has 3 heterocycles. The van der Waals surface area contributed by atoms with Gasteiger partial charge in [0.25, 0.3) is 0 Å². The summed E-state index contributed by atoms with van der Waals surface area (Å²) in [6.45, 7) is 4.23. The molecule has 2 unspecified atom stereocenters. The Hall–Kier alpha value is -0.580. The average molecular weight is 284 g/mol. The molecule has 2 aromatic rings. The first-order valence-corrected chi connectivity index (χ1v) is 7.83. The zero-order chi connectivity index (χ0) is 12.5. The van der Waals surface area contributed by atoms with E-state index in [4.69, 9.17) is 11.6 Å². The summed E-state index contributed by atoms with van der Waals surface area (Å²) in [5.74, 6) is 0. The van der Waals surface area contributed by atoms with Crippen molar-refractivity contribution in [1.29, 1.82) is 0 Å². The van der Waals surface area contributed by atoms with Gasteiger partial charge < -0.3 is 0 Å². The second kappa shape index (κ2) is 5.19. The third kappa shape index (κ3) is 2.56. The van der Waals surface area contributed by atoms with Crippen LogP contribution in [0.25, 0.3) is 4.96 Å². The zero-order valence-corrected chi connectivity index (χ0v) is 12.1. The van der Waals surface area contributed by atoms with Crippen LogP contribution in [0.3, 0.4) is 0 Å². The fourth-order valence-corrected chi connectivity index (χ4v) is 3.73. The van der Waals surface area contributed by atoms with Gasteiger partial charge in [-0.1, -0.05) is 0 Å². The Morgan fingerprint density at radius 1 is 1.61 bits per heavy atom. The molecular formula is C13H18ClN3S. The highest BCUT2D eigenvalue weighted by atomic mass is 35.5. The molecule has 1 aliphatic heterocycles. The molecule has 0 bridgehead atoms. The second-order valence-corrected chi connectivity index (χ2v) is 6.73. The molecule has 0 amide bonds. The summed E-state index contributed by atoms with van der Waals surface area (Å²) in [6, 6.07) is 0.636. The fourth-order valence-electron chi connectivity index (χ4n) is 2.81. The predicted molar refractivity (Wildman–Crippen MR) is 76.4 cm³/mol. The molecule has 0 spiro atoms. The van der Waals surface area contributed by atoms with Crippen LogP contribution in [0.2, 0.25) is 0 Å². The highest BCUT2D eigenvalue weighted by Gasteiger charge is 2.26. The predicted octanol–water partition coefficient (Wildman–Crippen LogP) is 3.38. The van der Waals surface area contributed by atoms with Crippen LogP contribution in [-0.4, -0.2) is 32.2 Å². The number of thiazole rings is 1. The van der Waals surface area contributed by atoms with Crippen molar-refractivity contribution in [1.82, 2.24) is 14.3 Å². The van der Waals surface area contributed by atoms with Crippen molar-refractivity contribution in [3.8, 4) is 0 Å². The molecule has 2 aromatic heterocycles. The van der Waals surface area contributed by atoms with Crippen LogP contribution in [0.1, 0.15) is 31.9 Å². The molecule has 0 saturated carbocycles. The first-order valence-electron chi connectivity index (χ1n) is 6.51. The van der Waals surface area contributed by atoms with Gasteiger partial charge in [0.2, 0.25) is 0 Å². The third-order valence-electron chi connectivity index (χ3n) is 3.60. The SMILES string of the molecule is CC(Cl)CC1CCCN1Cc1cn2ccsc2n1. The van der Waals surface area contributed by atoms with E-state index in [1.807, 2.05) is 0 Å². The molecule has 1 aliphatic rings. The molecular weight excluding hydrogens is 266 g/mol. The van der Waals surface area contributed by atoms with Gasteiger partial charge in [-0.25, -0.2) is 4.98 Å². The van der Waals surface area contributed by atoms with Crippen molar-refractivity contribution in [3.05, 3.63) is 23.5 Å². The summed E-state index contributed by atoms with van der Waals surface area (Å²) in [6.07, 6.45) is 7.86. The number of likely N-dealkylation sites (tertiary alicyclic amines) is 1. The lowest BCUT2D eigenvalue weighted by Gasteiger charge is -2.24. The molecule has 98 valence electrons. The number of alkyl halides is 1. The van der Waals surface area contributed by atoms with Crippen molar-refractivity contribution in [3.63, 3.8) is 0 Å². The molecule has 5 heteroatoms. The molecule has 3 rings (SSSR count). The lowest BCUT2D eigenvalue weighted by Crippen LogP contribution is -2.30. The van der Waals surface area contributed by atoms with E-state index in [1.54, 1.807) is 11.3 Å². The van der Waals surface area contributed by atoms with Crippen LogP contribution >= 0.6 is 22.9 Å². The Labute approximate surface area is 116 Å². The summed E-state index contributed by atoms with van der Waals surface area (Å²) in [4.78, 5) is 8.28. The van der Waals surface area contributed by atoms with Crippen molar-refractivity contribution in [2.24, 2.45) is 0 Å². The first-order chi connectivity index (χ1) is 8.72. The van der Waals surface area contributed by atoms with Crippen LogP contribution in [0.4, 0.5) is 0 Å². The van der Waals surface area contributed by atoms with Gasteiger partial charge in [0.1, 0.15) is 0 Å². The first kappa shape index (κ1) is 12.5. The van der Waals surface area contributed by atoms with Gasteiger partial charge >= 0.3 is 0 Å². The van der Waals surface area contributed by atoms with E-state index >= 15 is 0 Å². The Morgan fingerprint density at radius 3 is 3.28 bits per heavy atom. The number of imidazole rings is 1.